The van der Waals surface area contributed by atoms with Gasteiger partial charge in [-0.05, 0) is 42.3 Å². The molecule has 0 spiro atoms. The summed E-state index contributed by atoms with van der Waals surface area (Å²) in [5.41, 5.74) is 5.40. The van der Waals surface area contributed by atoms with Crippen LogP contribution in [0.25, 0.3) is 0 Å². The van der Waals surface area contributed by atoms with E-state index in [-0.39, 0.29) is 11.7 Å². The number of benzene rings is 3. The van der Waals surface area contributed by atoms with Crippen LogP contribution in [0, 0.1) is 6.92 Å². The number of carbonyl (C=O) groups is 1. The Morgan fingerprint density at radius 3 is 2.31 bits per heavy atom. The van der Waals surface area contributed by atoms with Gasteiger partial charge in [-0.25, -0.2) is 0 Å². The summed E-state index contributed by atoms with van der Waals surface area (Å²) in [6.45, 7) is 2.04. The highest BCUT2D eigenvalue weighted by Crippen LogP contribution is 2.36. The van der Waals surface area contributed by atoms with Gasteiger partial charge in [-0.3, -0.25) is 9.79 Å². The highest BCUT2D eigenvalue weighted by molar-refractivity contribution is 6.32. The lowest BCUT2D eigenvalue weighted by molar-refractivity contribution is 0.0988. The van der Waals surface area contributed by atoms with Crippen molar-refractivity contribution in [3.63, 3.8) is 0 Å². The summed E-state index contributed by atoms with van der Waals surface area (Å²) in [5, 5.41) is 0. The molecule has 0 N–H and O–H groups in total. The van der Waals surface area contributed by atoms with Crippen LogP contribution in [0.3, 0.4) is 0 Å². The molecule has 0 heterocycles. The molecule has 3 heteroatoms. The predicted molar refractivity (Wildman–Crippen MR) is 104 cm³/mol. The van der Waals surface area contributed by atoms with Crippen molar-refractivity contribution in [3.05, 3.63) is 95.1 Å². The van der Waals surface area contributed by atoms with Gasteiger partial charge >= 0.3 is 0 Å². The number of ketones is 1. The van der Waals surface area contributed by atoms with Crippen molar-refractivity contribution in [3.8, 4) is 5.75 Å². The molecule has 1 aliphatic carbocycles. The Labute approximate surface area is 153 Å². The molecule has 128 valence electrons. The maximum atomic E-state index is 13.1. The molecule has 1 atom stereocenters. The summed E-state index contributed by atoms with van der Waals surface area (Å²) in [4.78, 5) is 18.0. The van der Waals surface area contributed by atoms with E-state index in [1.165, 1.54) is 0 Å². The van der Waals surface area contributed by atoms with Gasteiger partial charge in [0.15, 0.2) is 5.78 Å². The van der Waals surface area contributed by atoms with Crippen molar-refractivity contribution < 1.29 is 9.53 Å². The van der Waals surface area contributed by atoms with Gasteiger partial charge in [0.2, 0.25) is 0 Å². The van der Waals surface area contributed by atoms with Crippen LogP contribution < -0.4 is 4.74 Å². The highest BCUT2D eigenvalue weighted by atomic mass is 16.5. The van der Waals surface area contributed by atoms with Gasteiger partial charge in [0.05, 0.1) is 24.4 Å². The third kappa shape index (κ3) is 2.82. The first-order valence-electron chi connectivity index (χ1n) is 8.60. The molecular weight excluding hydrogens is 322 g/mol. The lowest BCUT2D eigenvalue weighted by Crippen LogP contribution is -2.13. The van der Waals surface area contributed by atoms with E-state index in [0.29, 0.717) is 0 Å². The minimum absolute atomic E-state index is 0.0946. The van der Waals surface area contributed by atoms with Crippen LogP contribution in [0.2, 0.25) is 0 Å². The molecule has 3 aromatic rings. The van der Waals surface area contributed by atoms with E-state index in [1.54, 1.807) is 7.11 Å². The summed E-state index contributed by atoms with van der Waals surface area (Å²) in [5.74, 6) is 0.477. The van der Waals surface area contributed by atoms with Crippen LogP contribution in [-0.2, 0) is 0 Å². The lowest BCUT2D eigenvalue weighted by atomic mass is 9.93. The van der Waals surface area contributed by atoms with Gasteiger partial charge < -0.3 is 4.74 Å². The minimum Gasteiger partial charge on any atom is -0.497 e. The normalized spacial score (nSPS) is 17.4. The molecule has 26 heavy (non-hydrogen) atoms. The first-order valence-corrected chi connectivity index (χ1v) is 8.60. The van der Waals surface area contributed by atoms with E-state index >= 15 is 0 Å². The molecule has 0 aliphatic heterocycles. The fourth-order valence-corrected chi connectivity index (χ4v) is 3.42. The number of rotatable bonds is 3. The standard InChI is InChI=1S/C23H19NO2/c1-15-6-5-7-17(14-15)24-22-19-8-3-4-9-20(19)23(25)21(22)16-10-12-18(26-2)13-11-16/h3-14,21H,1-2H3. The van der Waals surface area contributed by atoms with Crippen molar-refractivity contribution >= 4 is 17.2 Å². The van der Waals surface area contributed by atoms with Gasteiger partial charge in [0.25, 0.3) is 0 Å². The third-order valence-corrected chi connectivity index (χ3v) is 4.70. The molecule has 0 fully saturated rings. The number of Topliss-reactive ketones (excluding diaryl/α,β-unsaturated/α-hetero) is 1. The Balaban J connectivity index is 1.87. The molecule has 0 amide bonds. The number of fused-ring (bicyclic) bond motifs is 1. The molecule has 0 saturated carbocycles. The molecule has 0 aromatic heterocycles. The molecule has 1 aliphatic rings. The molecule has 3 aromatic carbocycles. The van der Waals surface area contributed by atoms with E-state index in [1.807, 2.05) is 79.7 Å². The molecule has 0 saturated heterocycles. The molecule has 0 radical (unpaired) electrons. The average molecular weight is 341 g/mol. The quantitative estimate of drug-likeness (QED) is 0.664. The Hall–Kier alpha value is -3.20. The number of nitrogens with zero attached hydrogens (tertiary/aromatic N) is 1. The molecule has 0 bridgehead atoms. The number of hydrogen-bond donors (Lipinski definition) is 0. The number of aliphatic imine (C=N–C) groups is 1. The number of ether oxygens (including phenoxy) is 1. The Bertz CT molecular complexity index is 1000. The zero-order valence-corrected chi connectivity index (χ0v) is 14.8. The Morgan fingerprint density at radius 2 is 1.62 bits per heavy atom. The SMILES string of the molecule is COc1ccc(C2C(=O)c3ccccc3C2=Nc2cccc(C)c2)cc1. The molecule has 3 nitrogen and oxygen atoms in total. The van der Waals surface area contributed by atoms with Crippen molar-refractivity contribution in [2.75, 3.05) is 7.11 Å². The van der Waals surface area contributed by atoms with Gasteiger partial charge in [-0.1, -0.05) is 48.5 Å². The predicted octanol–water partition coefficient (Wildman–Crippen LogP) is 5.10. The lowest BCUT2D eigenvalue weighted by Gasteiger charge is -2.12. The summed E-state index contributed by atoms with van der Waals surface area (Å²) < 4.78 is 5.24. The molecule has 1 unspecified atom stereocenters. The average Bonchev–Trinajstić information content (AvgIpc) is 2.94. The Kier molecular flexibility index (Phi) is 4.13. The van der Waals surface area contributed by atoms with E-state index in [9.17, 15) is 4.79 Å². The van der Waals surface area contributed by atoms with Crippen LogP contribution in [-0.4, -0.2) is 18.6 Å². The van der Waals surface area contributed by atoms with Crippen molar-refractivity contribution in [2.24, 2.45) is 4.99 Å². The molecular formula is C23H19NO2. The zero-order valence-electron chi connectivity index (χ0n) is 14.8. The largest absolute Gasteiger partial charge is 0.497 e. The van der Waals surface area contributed by atoms with Crippen LogP contribution >= 0.6 is 0 Å². The van der Waals surface area contributed by atoms with Crippen molar-refractivity contribution in [1.29, 1.82) is 0 Å². The van der Waals surface area contributed by atoms with E-state index in [0.717, 1.165) is 39.4 Å². The summed E-state index contributed by atoms with van der Waals surface area (Å²) in [6.07, 6.45) is 0. The number of methoxy groups -OCH3 is 1. The summed E-state index contributed by atoms with van der Waals surface area (Å²) >= 11 is 0. The number of carbonyl (C=O) groups excluding carboxylic acids is 1. The van der Waals surface area contributed by atoms with E-state index in [4.69, 9.17) is 9.73 Å². The summed E-state index contributed by atoms with van der Waals surface area (Å²) in [6, 6.07) is 23.4. The van der Waals surface area contributed by atoms with E-state index < -0.39 is 0 Å². The van der Waals surface area contributed by atoms with Crippen LogP contribution in [0.1, 0.15) is 33.0 Å². The first kappa shape index (κ1) is 16.3. The minimum atomic E-state index is -0.390. The maximum Gasteiger partial charge on any atom is 0.176 e. The number of hydrogen-bond acceptors (Lipinski definition) is 3. The molecule has 4 rings (SSSR count). The monoisotopic (exact) mass is 341 g/mol. The second-order valence-electron chi connectivity index (χ2n) is 6.45. The van der Waals surface area contributed by atoms with Gasteiger partial charge in [0.1, 0.15) is 5.75 Å². The number of aryl methyl sites for hydroxylation is 1. The smallest absolute Gasteiger partial charge is 0.176 e. The van der Waals surface area contributed by atoms with Gasteiger partial charge in [-0.2, -0.15) is 0 Å². The highest BCUT2D eigenvalue weighted by Gasteiger charge is 2.37. The fraction of sp³-hybridized carbons (Fsp3) is 0.130. The second kappa shape index (κ2) is 6.60. The van der Waals surface area contributed by atoms with Gasteiger partial charge in [-0.15, -0.1) is 0 Å². The second-order valence-corrected chi connectivity index (χ2v) is 6.45. The van der Waals surface area contributed by atoms with E-state index in [2.05, 4.69) is 0 Å². The van der Waals surface area contributed by atoms with Crippen LogP contribution in [0.5, 0.6) is 5.75 Å². The first-order chi connectivity index (χ1) is 12.7. The summed E-state index contributed by atoms with van der Waals surface area (Å²) in [7, 11) is 1.64. The third-order valence-electron chi connectivity index (χ3n) is 4.70. The maximum absolute atomic E-state index is 13.1. The zero-order chi connectivity index (χ0) is 18.1. The fourth-order valence-electron chi connectivity index (χ4n) is 3.42. The topological polar surface area (TPSA) is 38.7 Å². The Morgan fingerprint density at radius 1 is 0.885 bits per heavy atom. The van der Waals surface area contributed by atoms with Gasteiger partial charge in [0, 0.05) is 11.1 Å². The van der Waals surface area contributed by atoms with Crippen LogP contribution in [0.15, 0.2) is 77.8 Å². The van der Waals surface area contributed by atoms with Crippen molar-refractivity contribution in [1.82, 2.24) is 0 Å². The van der Waals surface area contributed by atoms with Crippen molar-refractivity contribution in [2.45, 2.75) is 12.8 Å². The van der Waals surface area contributed by atoms with Crippen LogP contribution in [0.4, 0.5) is 5.69 Å².